The second kappa shape index (κ2) is 4.14. The molecule has 0 aliphatic rings. The van der Waals surface area contributed by atoms with E-state index in [-0.39, 0.29) is 0 Å². The molecule has 0 bridgehead atoms. The quantitative estimate of drug-likeness (QED) is 0.724. The first kappa shape index (κ1) is 8.28. The molecule has 0 aliphatic heterocycles. The summed E-state index contributed by atoms with van der Waals surface area (Å²) < 4.78 is 1.25. The molecule has 0 aliphatic carbocycles. The third-order valence-electron chi connectivity index (χ3n) is 1.41. The molecule has 0 N–H and O–H groups in total. The third kappa shape index (κ3) is 2.43. The van der Waals surface area contributed by atoms with Gasteiger partial charge in [0, 0.05) is 4.88 Å². The van der Waals surface area contributed by atoms with Crippen LogP contribution in [0, 0.1) is 0 Å². The van der Waals surface area contributed by atoms with Gasteiger partial charge in [0.1, 0.15) is 0 Å². The SMILES string of the molecule is CCCCc1ccc(Br)s1. The van der Waals surface area contributed by atoms with Gasteiger partial charge in [-0.05, 0) is 40.9 Å². The molecular formula is C8H11BrS. The summed E-state index contributed by atoms with van der Waals surface area (Å²) in [6.07, 6.45) is 3.84. The highest BCUT2D eigenvalue weighted by molar-refractivity contribution is 9.11. The number of thiophene rings is 1. The lowest BCUT2D eigenvalue weighted by atomic mass is 10.2. The minimum absolute atomic E-state index is 1.24. The molecule has 1 heterocycles. The van der Waals surface area contributed by atoms with Gasteiger partial charge in [-0.3, -0.25) is 0 Å². The predicted octanol–water partition coefficient (Wildman–Crippen LogP) is 3.85. The Morgan fingerprint density at radius 1 is 1.50 bits per heavy atom. The van der Waals surface area contributed by atoms with Crippen LogP contribution in [0.2, 0.25) is 0 Å². The standard InChI is InChI=1S/C8H11BrS/c1-2-3-4-7-5-6-8(9)10-7/h5-6H,2-4H2,1H3. The highest BCUT2D eigenvalue weighted by Crippen LogP contribution is 2.23. The van der Waals surface area contributed by atoms with Crippen LogP contribution in [0.4, 0.5) is 0 Å². The van der Waals surface area contributed by atoms with E-state index in [9.17, 15) is 0 Å². The maximum absolute atomic E-state index is 3.44. The van der Waals surface area contributed by atoms with E-state index in [0.717, 1.165) is 0 Å². The van der Waals surface area contributed by atoms with E-state index in [1.54, 1.807) is 0 Å². The normalized spacial score (nSPS) is 10.2. The van der Waals surface area contributed by atoms with Gasteiger partial charge in [0.05, 0.1) is 3.79 Å². The molecule has 1 aromatic rings. The van der Waals surface area contributed by atoms with Crippen LogP contribution in [0.15, 0.2) is 15.9 Å². The molecule has 2 heteroatoms. The second-order valence-corrected chi connectivity index (χ2v) is 4.86. The Morgan fingerprint density at radius 3 is 2.80 bits per heavy atom. The zero-order valence-corrected chi connectivity index (χ0v) is 8.46. The zero-order valence-electron chi connectivity index (χ0n) is 6.06. The van der Waals surface area contributed by atoms with Crippen molar-refractivity contribution in [2.24, 2.45) is 0 Å². The van der Waals surface area contributed by atoms with Crippen molar-refractivity contribution in [2.45, 2.75) is 26.2 Å². The minimum Gasteiger partial charge on any atom is -0.133 e. The summed E-state index contributed by atoms with van der Waals surface area (Å²) in [6.45, 7) is 2.22. The van der Waals surface area contributed by atoms with Crippen LogP contribution in [0.5, 0.6) is 0 Å². The predicted molar refractivity (Wildman–Crippen MR) is 50.6 cm³/mol. The lowest BCUT2D eigenvalue weighted by molar-refractivity contribution is 0.804. The van der Waals surface area contributed by atoms with Gasteiger partial charge >= 0.3 is 0 Å². The van der Waals surface area contributed by atoms with E-state index in [0.29, 0.717) is 0 Å². The molecule has 0 atom stereocenters. The number of hydrogen-bond acceptors (Lipinski definition) is 1. The molecule has 0 amide bonds. The summed E-state index contributed by atoms with van der Waals surface area (Å²) in [5.41, 5.74) is 0. The summed E-state index contributed by atoms with van der Waals surface area (Å²) in [5.74, 6) is 0. The van der Waals surface area contributed by atoms with E-state index in [1.165, 1.54) is 27.9 Å². The lowest BCUT2D eigenvalue weighted by Crippen LogP contribution is -1.76. The van der Waals surface area contributed by atoms with Crippen molar-refractivity contribution in [1.82, 2.24) is 0 Å². The highest BCUT2D eigenvalue weighted by atomic mass is 79.9. The Hall–Kier alpha value is 0.180. The fourth-order valence-electron chi connectivity index (χ4n) is 0.837. The topological polar surface area (TPSA) is 0 Å². The first-order valence-corrected chi connectivity index (χ1v) is 5.18. The molecule has 1 aromatic heterocycles. The van der Waals surface area contributed by atoms with E-state index in [1.807, 2.05) is 11.3 Å². The van der Waals surface area contributed by atoms with Crippen molar-refractivity contribution in [3.8, 4) is 0 Å². The van der Waals surface area contributed by atoms with Crippen LogP contribution in [0.25, 0.3) is 0 Å². The molecule has 0 nitrogen and oxygen atoms in total. The molecule has 0 fully saturated rings. The van der Waals surface area contributed by atoms with Gasteiger partial charge in [0.15, 0.2) is 0 Å². The molecule has 56 valence electrons. The van der Waals surface area contributed by atoms with Gasteiger partial charge in [-0.25, -0.2) is 0 Å². The van der Waals surface area contributed by atoms with Crippen LogP contribution in [0.1, 0.15) is 24.6 Å². The molecule has 0 unspecified atom stereocenters. The number of halogens is 1. The van der Waals surface area contributed by atoms with Crippen molar-refractivity contribution in [3.63, 3.8) is 0 Å². The first-order valence-electron chi connectivity index (χ1n) is 3.57. The fraction of sp³-hybridized carbons (Fsp3) is 0.500. The summed E-state index contributed by atoms with van der Waals surface area (Å²) in [4.78, 5) is 1.49. The Kier molecular flexibility index (Phi) is 3.43. The van der Waals surface area contributed by atoms with Gasteiger partial charge in [0.25, 0.3) is 0 Å². The maximum atomic E-state index is 3.44. The van der Waals surface area contributed by atoms with Gasteiger partial charge in [-0.2, -0.15) is 0 Å². The van der Waals surface area contributed by atoms with E-state index in [2.05, 4.69) is 35.0 Å². The molecule has 0 spiro atoms. The monoisotopic (exact) mass is 218 g/mol. The molecule has 1 rings (SSSR count). The van der Waals surface area contributed by atoms with Gasteiger partial charge < -0.3 is 0 Å². The minimum atomic E-state index is 1.24. The molecule has 10 heavy (non-hydrogen) atoms. The Labute approximate surface area is 74.4 Å². The molecule has 0 saturated heterocycles. The summed E-state index contributed by atoms with van der Waals surface area (Å²) >= 11 is 5.29. The summed E-state index contributed by atoms with van der Waals surface area (Å²) in [5, 5.41) is 0. The highest BCUT2D eigenvalue weighted by Gasteiger charge is 1.95. The Morgan fingerprint density at radius 2 is 2.30 bits per heavy atom. The molecule has 0 saturated carbocycles. The van der Waals surface area contributed by atoms with E-state index in [4.69, 9.17) is 0 Å². The van der Waals surface area contributed by atoms with Crippen LogP contribution < -0.4 is 0 Å². The summed E-state index contributed by atoms with van der Waals surface area (Å²) in [6, 6.07) is 4.32. The fourth-order valence-corrected chi connectivity index (χ4v) is 2.36. The van der Waals surface area contributed by atoms with Crippen molar-refractivity contribution in [2.75, 3.05) is 0 Å². The van der Waals surface area contributed by atoms with Crippen molar-refractivity contribution in [3.05, 3.63) is 20.8 Å². The third-order valence-corrected chi connectivity index (χ3v) is 3.09. The molecule has 0 aromatic carbocycles. The second-order valence-electron chi connectivity index (χ2n) is 2.31. The first-order chi connectivity index (χ1) is 4.83. The van der Waals surface area contributed by atoms with E-state index >= 15 is 0 Å². The van der Waals surface area contributed by atoms with Crippen LogP contribution in [-0.2, 0) is 6.42 Å². The maximum Gasteiger partial charge on any atom is 0.0701 e. The largest absolute Gasteiger partial charge is 0.133 e. The lowest BCUT2D eigenvalue weighted by Gasteiger charge is -1.90. The number of aryl methyl sites for hydroxylation is 1. The van der Waals surface area contributed by atoms with Crippen LogP contribution >= 0.6 is 27.3 Å². The molecular weight excluding hydrogens is 208 g/mol. The average Bonchev–Trinajstić information content (AvgIpc) is 2.31. The Bertz CT molecular complexity index is 193. The number of rotatable bonds is 3. The number of hydrogen-bond donors (Lipinski definition) is 0. The van der Waals surface area contributed by atoms with Crippen molar-refractivity contribution in [1.29, 1.82) is 0 Å². The van der Waals surface area contributed by atoms with Crippen LogP contribution in [0.3, 0.4) is 0 Å². The van der Waals surface area contributed by atoms with Gasteiger partial charge in [0.2, 0.25) is 0 Å². The summed E-state index contributed by atoms with van der Waals surface area (Å²) in [7, 11) is 0. The van der Waals surface area contributed by atoms with E-state index < -0.39 is 0 Å². The molecule has 0 radical (unpaired) electrons. The average molecular weight is 219 g/mol. The van der Waals surface area contributed by atoms with Crippen molar-refractivity contribution >= 4 is 27.3 Å². The van der Waals surface area contributed by atoms with Gasteiger partial charge in [-0.1, -0.05) is 13.3 Å². The smallest absolute Gasteiger partial charge is 0.0701 e. The van der Waals surface area contributed by atoms with Gasteiger partial charge in [-0.15, -0.1) is 11.3 Å². The number of unbranched alkanes of at least 4 members (excludes halogenated alkanes) is 1. The van der Waals surface area contributed by atoms with Crippen LogP contribution in [-0.4, -0.2) is 0 Å². The Balaban J connectivity index is 2.42. The zero-order chi connectivity index (χ0) is 7.40. The van der Waals surface area contributed by atoms with Crippen molar-refractivity contribution < 1.29 is 0 Å².